The molecule has 1 aromatic rings. The molecule has 0 saturated heterocycles. The predicted octanol–water partition coefficient (Wildman–Crippen LogP) is 3.99. The zero-order valence-corrected chi connectivity index (χ0v) is 13.9. The third-order valence-corrected chi connectivity index (χ3v) is 3.50. The highest BCUT2D eigenvalue weighted by atomic mass is 16.4. The number of anilines is 1. The van der Waals surface area contributed by atoms with E-state index in [1.165, 1.54) is 0 Å². The number of hydrogen-bond donors (Lipinski definition) is 1. The first kappa shape index (κ1) is 17.5. The van der Waals surface area contributed by atoms with Gasteiger partial charge in [-0.1, -0.05) is 27.7 Å². The van der Waals surface area contributed by atoms with Gasteiger partial charge in [-0.25, -0.2) is 9.78 Å². The second kappa shape index (κ2) is 8.01. The van der Waals surface area contributed by atoms with Crippen molar-refractivity contribution in [1.29, 1.82) is 0 Å². The molecule has 1 N–H and O–H groups in total. The van der Waals surface area contributed by atoms with E-state index in [0.29, 0.717) is 23.2 Å². The quantitative estimate of drug-likeness (QED) is 0.787. The molecule has 0 aliphatic rings. The molecule has 0 spiro atoms. The number of hydrogen-bond acceptors (Lipinski definition) is 3. The molecule has 0 bridgehead atoms. The normalized spacial score (nSPS) is 11.2. The van der Waals surface area contributed by atoms with Crippen LogP contribution in [0.3, 0.4) is 0 Å². The molecule has 0 fully saturated rings. The van der Waals surface area contributed by atoms with E-state index in [2.05, 4.69) is 37.6 Å². The third kappa shape index (κ3) is 5.74. The minimum atomic E-state index is -0.906. The molecule has 118 valence electrons. The average Bonchev–Trinajstić information content (AvgIpc) is 2.37. The van der Waals surface area contributed by atoms with Crippen LogP contribution in [0.2, 0.25) is 0 Å². The average molecular weight is 292 g/mol. The highest BCUT2D eigenvalue weighted by molar-refractivity contribution is 5.93. The molecule has 0 aliphatic carbocycles. The van der Waals surface area contributed by atoms with Gasteiger partial charge in [0.25, 0.3) is 0 Å². The zero-order chi connectivity index (χ0) is 16.0. The summed E-state index contributed by atoms with van der Waals surface area (Å²) in [7, 11) is 0. The molecule has 0 unspecified atom stereocenters. The minimum absolute atomic E-state index is 0.299. The number of carbonyl (C=O) groups is 1. The van der Waals surface area contributed by atoms with Gasteiger partial charge in [-0.05, 0) is 43.7 Å². The smallest absolute Gasteiger partial charge is 0.339 e. The molecule has 0 aliphatic heterocycles. The van der Waals surface area contributed by atoms with Gasteiger partial charge in [0.2, 0.25) is 0 Å². The summed E-state index contributed by atoms with van der Waals surface area (Å²) in [6, 6.07) is 3.42. The maximum Gasteiger partial charge on any atom is 0.339 e. The largest absolute Gasteiger partial charge is 0.478 e. The molecule has 0 amide bonds. The molecule has 4 heteroatoms. The van der Waals surface area contributed by atoms with Crippen molar-refractivity contribution in [2.45, 2.75) is 47.5 Å². The SMILES string of the molecule is Cc1ccc(C(=O)O)c(N(CCC(C)C)CCC(C)C)n1. The number of carboxylic acid groups (broad SMARTS) is 1. The standard InChI is InChI=1S/C17H28N2O2/c1-12(2)8-10-19(11-9-13(3)4)16-15(17(20)21)7-6-14(5)18-16/h6-7,12-13H,8-11H2,1-5H3,(H,20,21). The highest BCUT2D eigenvalue weighted by Crippen LogP contribution is 2.21. The van der Waals surface area contributed by atoms with E-state index in [1.54, 1.807) is 12.1 Å². The molecule has 0 aromatic carbocycles. The summed E-state index contributed by atoms with van der Waals surface area (Å²) in [4.78, 5) is 18.1. The Morgan fingerprint density at radius 1 is 1.14 bits per heavy atom. The lowest BCUT2D eigenvalue weighted by atomic mass is 10.1. The van der Waals surface area contributed by atoms with Gasteiger partial charge in [-0.3, -0.25) is 0 Å². The number of aryl methyl sites for hydroxylation is 1. The Balaban J connectivity index is 3.04. The molecule has 4 nitrogen and oxygen atoms in total. The lowest BCUT2D eigenvalue weighted by Crippen LogP contribution is -2.30. The van der Waals surface area contributed by atoms with Gasteiger partial charge in [0, 0.05) is 18.8 Å². The Kier molecular flexibility index (Phi) is 6.66. The molecule has 1 heterocycles. The van der Waals surface area contributed by atoms with Crippen LogP contribution in [-0.2, 0) is 0 Å². The lowest BCUT2D eigenvalue weighted by Gasteiger charge is -2.27. The molecular weight excluding hydrogens is 264 g/mol. The summed E-state index contributed by atoms with van der Waals surface area (Å²) >= 11 is 0. The summed E-state index contributed by atoms with van der Waals surface area (Å²) < 4.78 is 0. The Morgan fingerprint density at radius 2 is 1.67 bits per heavy atom. The Labute approximate surface area is 128 Å². The molecular formula is C17H28N2O2. The van der Waals surface area contributed by atoms with E-state index >= 15 is 0 Å². The van der Waals surface area contributed by atoms with E-state index in [9.17, 15) is 9.90 Å². The van der Waals surface area contributed by atoms with E-state index in [0.717, 1.165) is 31.6 Å². The third-order valence-electron chi connectivity index (χ3n) is 3.50. The number of pyridine rings is 1. The van der Waals surface area contributed by atoms with Crippen LogP contribution in [-0.4, -0.2) is 29.1 Å². The Morgan fingerprint density at radius 3 is 2.10 bits per heavy atom. The van der Waals surface area contributed by atoms with Gasteiger partial charge in [0.1, 0.15) is 11.4 Å². The maximum absolute atomic E-state index is 11.4. The monoisotopic (exact) mass is 292 g/mol. The van der Waals surface area contributed by atoms with Crippen LogP contribution in [0.25, 0.3) is 0 Å². The molecule has 1 rings (SSSR count). The molecule has 0 saturated carbocycles. The topological polar surface area (TPSA) is 53.4 Å². The van der Waals surface area contributed by atoms with E-state index in [-0.39, 0.29) is 0 Å². The first-order valence-electron chi connectivity index (χ1n) is 7.77. The summed E-state index contributed by atoms with van der Waals surface area (Å²) in [5.74, 6) is 0.884. The van der Waals surface area contributed by atoms with E-state index < -0.39 is 5.97 Å². The van der Waals surface area contributed by atoms with Crippen molar-refractivity contribution in [2.75, 3.05) is 18.0 Å². The lowest BCUT2D eigenvalue weighted by molar-refractivity contribution is 0.0697. The van der Waals surface area contributed by atoms with Gasteiger partial charge < -0.3 is 10.0 Å². The van der Waals surface area contributed by atoms with Gasteiger partial charge >= 0.3 is 5.97 Å². The highest BCUT2D eigenvalue weighted by Gasteiger charge is 2.18. The number of rotatable bonds is 8. The number of carboxylic acids is 1. The first-order valence-corrected chi connectivity index (χ1v) is 7.77. The summed E-state index contributed by atoms with van der Waals surface area (Å²) in [6.07, 6.45) is 2.07. The van der Waals surface area contributed by atoms with Crippen LogP contribution in [0, 0.1) is 18.8 Å². The van der Waals surface area contributed by atoms with Crippen LogP contribution in [0.5, 0.6) is 0 Å². The number of aromatic nitrogens is 1. The van der Waals surface area contributed by atoms with Gasteiger partial charge in [-0.2, -0.15) is 0 Å². The van der Waals surface area contributed by atoms with Crippen molar-refractivity contribution < 1.29 is 9.90 Å². The second-order valence-electron chi connectivity index (χ2n) is 6.48. The van der Waals surface area contributed by atoms with Gasteiger partial charge in [-0.15, -0.1) is 0 Å². The number of aromatic carboxylic acids is 1. The fourth-order valence-corrected chi connectivity index (χ4v) is 2.10. The first-order chi connectivity index (χ1) is 9.81. The Hall–Kier alpha value is -1.58. The fourth-order valence-electron chi connectivity index (χ4n) is 2.10. The number of nitrogens with zero attached hydrogens (tertiary/aromatic N) is 2. The van der Waals surface area contributed by atoms with Crippen molar-refractivity contribution in [3.8, 4) is 0 Å². The minimum Gasteiger partial charge on any atom is -0.478 e. The Bertz CT molecular complexity index is 458. The predicted molar refractivity (Wildman–Crippen MR) is 87.1 cm³/mol. The summed E-state index contributed by atoms with van der Waals surface area (Å²) in [6.45, 7) is 12.3. The second-order valence-corrected chi connectivity index (χ2v) is 6.48. The zero-order valence-electron chi connectivity index (χ0n) is 13.9. The summed E-state index contributed by atoms with van der Waals surface area (Å²) in [5, 5.41) is 9.39. The molecule has 0 atom stereocenters. The van der Waals surface area contributed by atoms with Crippen molar-refractivity contribution in [3.63, 3.8) is 0 Å². The molecule has 0 radical (unpaired) electrons. The van der Waals surface area contributed by atoms with Crippen molar-refractivity contribution in [3.05, 3.63) is 23.4 Å². The van der Waals surface area contributed by atoms with Crippen LogP contribution in [0.4, 0.5) is 5.82 Å². The maximum atomic E-state index is 11.4. The van der Waals surface area contributed by atoms with Crippen LogP contribution >= 0.6 is 0 Å². The van der Waals surface area contributed by atoms with E-state index in [1.807, 2.05) is 6.92 Å². The molecule has 21 heavy (non-hydrogen) atoms. The fraction of sp³-hybridized carbons (Fsp3) is 0.647. The van der Waals surface area contributed by atoms with Crippen LogP contribution in [0.15, 0.2) is 12.1 Å². The van der Waals surface area contributed by atoms with E-state index in [4.69, 9.17) is 0 Å². The van der Waals surface area contributed by atoms with Crippen molar-refractivity contribution in [1.82, 2.24) is 4.98 Å². The molecule has 1 aromatic heterocycles. The van der Waals surface area contributed by atoms with Crippen LogP contribution in [0.1, 0.15) is 56.6 Å². The van der Waals surface area contributed by atoms with Gasteiger partial charge in [0.15, 0.2) is 0 Å². The van der Waals surface area contributed by atoms with Crippen molar-refractivity contribution >= 4 is 11.8 Å². The van der Waals surface area contributed by atoms with Gasteiger partial charge in [0.05, 0.1) is 0 Å². The van der Waals surface area contributed by atoms with Crippen LogP contribution < -0.4 is 4.90 Å². The summed E-state index contributed by atoms with van der Waals surface area (Å²) in [5.41, 5.74) is 1.15. The van der Waals surface area contributed by atoms with Crippen molar-refractivity contribution in [2.24, 2.45) is 11.8 Å².